The molecule has 1 aromatic heterocycles. The number of para-hydroxylation sites is 1. The standard InChI is InChI=1S/C16H15N3O/c1-10-7-8-14(11(2)9-10)20-15-12-5-3-4-6-13(12)18-16(17)19-15/h3-9H,1-2H3,(H2,17,18,19). The van der Waals surface area contributed by atoms with Gasteiger partial charge in [0.25, 0.3) is 0 Å². The first-order chi connectivity index (χ1) is 9.63. The van der Waals surface area contributed by atoms with Crippen LogP contribution in [0.15, 0.2) is 42.5 Å². The van der Waals surface area contributed by atoms with Crippen molar-refractivity contribution in [2.75, 3.05) is 5.73 Å². The molecule has 0 aliphatic rings. The van der Waals surface area contributed by atoms with Gasteiger partial charge in [0.2, 0.25) is 11.8 Å². The normalized spacial score (nSPS) is 10.7. The molecule has 0 atom stereocenters. The molecule has 4 heteroatoms. The van der Waals surface area contributed by atoms with E-state index in [9.17, 15) is 0 Å². The third-order valence-corrected chi connectivity index (χ3v) is 3.12. The summed E-state index contributed by atoms with van der Waals surface area (Å²) in [7, 11) is 0. The topological polar surface area (TPSA) is 61.0 Å². The molecule has 0 unspecified atom stereocenters. The number of nitrogens with two attached hydrogens (primary N) is 1. The lowest BCUT2D eigenvalue weighted by atomic mass is 10.1. The Morgan fingerprint density at radius 1 is 1.00 bits per heavy atom. The lowest BCUT2D eigenvalue weighted by Gasteiger charge is -2.11. The average molecular weight is 265 g/mol. The van der Waals surface area contributed by atoms with E-state index in [2.05, 4.69) is 23.0 Å². The molecule has 0 aliphatic heterocycles. The highest BCUT2D eigenvalue weighted by Crippen LogP contribution is 2.30. The molecule has 0 spiro atoms. The van der Waals surface area contributed by atoms with Crippen LogP contribution in [0.3, 0.4) is 0 Å². The first-order valence-electron chi connectivity index (χ1n) is 6.41. The minimum Gasteiger partial charge on any atom is -0.438 e. The van der Waals surface area contributed by atoms with Crippen LogP contribution in [0.5, 0.6) is 11.6 Å². The van der Waals surface area contributed by atoms with E-state index in [4.69, 9.17) is 10.5 Å². The molecule has 2 N–H and O–H groups in total. The zero-order chi connectivity index (χ0) is 14.1. The molecule has 4 nitrogen and oxygen atoms in total. The summed E-state index contributed by atoms with van der Waals surface area (Å²) in [5.74, 6) is 1.47. The highest BCUT2D eigenvalue weighted by atomic mass is 16.5. The summed E-state index contributed by atoms with van der Waals surface area (Å²) in [6.07, 6.45) is 0. The number of aromatic nitrogens is 2. The van der Waals surface area contributed by atoms with Crippen molar-refractivity contribution in [3.05, 3.63) is 53.6 Å². The van der Waals surface area contributed by atoms with Crippen molar-refractivity contribution in [1.82, 2.24) is 9.97 Å². The lowest BCUT2D eigenvalue weighted by molar-refractivity contribution is 0.465. The molecule has 2 aromatic carbocycles. The van der Waals surface area contributed by atoms with Gasteiger partial charge in [0.1, 0.15) is 5.75 Å². The maximum Gasteiger partial charge on any atom is 0.231 e. The van der Waals surface area contributed by atoms with E-state index < -0.39 is 0 Å². The molecule has 0 aliphatic carbocycles. The van der Waals surface area contributed by atoms with Crippen LogP contribution in [0.25, 0.3) is 10.9 Å². The fourth-order valence-electron chi connectivity index (χ4n) is 2.16. The molecule has 100 valence electrons. The Morgan fingerprint density at radius 3 is 2.60 bits per heavy atom. The van der Waals surface area contributed by atoms with Crippen LogP contribution in [0.2, 0.25) is 0 Å². The summed E-state index contributed by atoms with van der Waals surface area (Å²) in [6, 6.07) is 13.7. The zero-order valence-electron chi connectivity index (χ0n) is 11.4. The van der Waals surface area contributed by atoms with Crippen molar-refractivity contribution in [2.45, 2.75) is 13.8 Å². The Kier molecular flexibility index (Phi) is 2.99. The third kappa shape index (κ3) is 2.28. The van der Waals surface area contributed by atoms with E-state index in [1.54, 1.807) is 0 Å². The van der Waals surface area contributed by atoms with Crippen LogP contribution in [-0.4, -0.2) is 9.97 Å². The van der Waals surface area contributed by atoms with Gasteiger partial charge in [-0.15, -0.1) is 0 Å². The van der Waals surface area contributed by atoms with Crippen LogP contribution >= 0.6 is 0 Å². The van der Waals surface area contributed by atoms with Crippen LogP contribution in [0.1, 0.15) is 11.1 Å². The SMILES string of the molecule is Cc1ccc(Oc2nc(N)nc3ccccc23)c(C)c1. The Morgan fingerprint density at radius 2 is 1.80 bits per heavy atom. The van der Waals surface area contributed by atoms with Crippen molar-refractivity contribution >= 4 is 16.9 Å². The molecule has 3 rings (SSSR count). The van der Waals surface area contributed by atoms with Crippen LogP contribution in [0.4, 0.5) is 5.95 Å². The van der Waals surface area contributed by atoms with Crippen LogP contribution in [0, 0.1) is 13.8 Å². The number of aryl methyl sites for hydroxylation is 2. The van der Waals surface area contributed by atoms with Gasteiger partial charge in [-0.25, -0.2) is 4.98 Å². The van der Waals surface area contributed by atoms with Gasteiger partial charge in [-0.05, 0) is 37.6 Å². The van der Waals surface area contributed by atoms with Crippen LogP contribution in [-0.2, 0) is 0 Å². The summed E-state index contributed by atoms with van der Waals surface area (Å²) in [4.78, 5) is 8.41. The summed E-state index contributed by atoms with van der Waals surface area (Å²) in [5.41, 5.74) is 8.77. The van der Waals surface area contributed by atoms with Gasteiger partial charge in [0, 0.05) is 0 Å². The monoisotopic (exact) mass is 265 g/mol. The van der Waals surface area contributed by atoms with E-state index >= 15 is 0 Å². The molecular formula is C16H15N3O. The van der Waals surface area contributed by atoms with E-state index in [1.807, 2.05) is 43.3 Å². The van der Waals surface area contributed by atoms with E-state index in [0.717, 1.165) is 22.2 Å². The number of nitrogens with zero attached hydrogens (tertiary/aromatic N) is 2. The number of fused-ring (bicyclic) bond motifs is 1. The van der Waals surface area contributed by atoms with Gasteiger partial charge in [0.05, 0.1) is 10.9 Å². The highest BCUT2D eigenvalue weighted by molar-refractivity contribution is 5.84. The predicted molar refractivity (Wildman–Crippen MR) is 79.9 cm³/mol. The average Bonchev–Trinajstić information content (AvgIpc) is 2.41. The summed E-state index contributed by atoms with van der Waals surface area (Å²) < 4.78 is 5.93. The number of anilines is 1. The van der Waals surface area contributed by atoms with Crippen molar-refractivity contribution in [2.24, 2.45) is 0 Å². The second kappa shape index (κ2) is 4.81. The van der Waals surface area contributed by atoms with Crippen molar-refractivity contribution in [1.29, 1.82) is 0 Å². The fraction of sp³-hybridized carbons (Fsp3) is 0.125. The lowest BCUT2D eigenvalue weighted by Crippen LogP contribution is -1.99. The van der Waals surface area contributed by atoms with Crippen molar-refractivity contribution in [3.8, 4) is 11.6 Å². The Balaban J connectivity index is 2.10. The Hall–Kier alpha value is -2.62. The number of hydrogen-bond acceptors (Lipinski definition) is 4. The minimum absolute atomic E-state index is 0.212. The molecule has 3 aromatic rings. The second-order valence-corrected chi connectivity index (χ2v) is 4.78. The minimum atomic E-state index is 0.212. The smallest absolute Gasteiger partial charge is 0.231 e. The second-order valence-electron chi connectivity index (χ2n) is 4.78. The molecule has 1 heterocycles. The van der Waals surface area contributed by atoms with Gasteiger partial charge < -0.3 is 10.5 Å². The molecule has 0 fully saturated rings. The Bertz CT molecular complexity index is 784. The molecule has 0 bridgehead atoms. The quantitative estimate of drug-likeness (QED) is 0.768. The van der Waals surface area contributed by atoms with Gasteiger partial charge in [-0.1, -0.05) is 29.8 Å². The maximum absolute atomic E-state index is 5.93. The molecule has 0 radical (unpaired) electrons. The van der Waals surface area contributed by atoms with Gasteiger partial charge >= 0.3 is 0 Å². The first-order valence-corrected chi connectivity index (χ1v) is 6.41. The summed E-state index contributed by atoms with van der Waals surface area (Å²) >= 11 is 0. The third-order valence-electron chi connectivity index (χ3n) is 3.12. The van der Waals surface area contributed by atoms with Crippen molar-refractivity contribution < 1.29 is 4.74 Å². The number of nitrogen functional groups attached to an aromatic ring is 1. The number of benzene rings is 2. The van der Waals surface area contributed by atoms with E-state index in [-0.39, 0.29) is 5.95 Å². The summed E-state index contributed by atoms with van der Waals surface area (Å²) in [6.45, 7) is 4.06. The molecule has 0 saturated carbocycles. The van der Waals surface area contributed by atoms with Crippen molar-refractivity contribution in [3.63, 3.8) is 0 Å². The maximum atomic E-state index is 5.93. The molecule has 0 amide bonds. The number of hydrogen-bond donors (Lipinski definition) is 1. The van der Waals surface area contributed by atoms with E-state index in [0.29, 0.717) is 5.88 Å². The Labute approximate surface area is 117 Å². The zero-order valence-corrected chi connectivity index (χ0v) is 11.4. The van der Waals surface area contributed by atoms with Gasteiger partial charge in [0.15, 0.2) is 0 Å². The summed E-state index contributed by atoms with van der Waals surface area (Å²) in [5, 5.41) is 0.849. The first kappa shape index (κ1) is 12.4. The molecule has 20 heavy (non-hydrogen) atoms. The van der Waals surface area contributed by atoms with E-state index in [1.165, 1.54) is 5.56 Å². The number of rotatable bonds is 2. The van der Waals surface area contributed by atoms with Crippen LogP contribution < -0.4 is 10.5 Å². The predicted octanol–water partition coefficient (Wildman–Crippen LogP) is 3.62. The molecular weight excluding hydrogens is 250 g/mol. The fourth-order valence-corrected chi connectivity index (χ4v) is 2.16. The molecule has 0 saturated heterocycles. The van der Waals surface area contributed by atoms with Gasteiger partial charge in [-0.3, -0.25) is 0 Å². The highest BCUT2D eigenvalue weighted by Gasteiger charge is 2.09. The van der Waals surface area contributed by atoms with Gasteiger partial charge in [-0.2, -0.15) is 4.98 Å². The largest absolute Gasteiger partial charge is 0.438 e. The number of ether oxygens (including phenoxy) is 1.